The van der Waals surface area contributed by atoms with Crippen molar-refractivity contribution in [3.63, 3.8) is 0 Å². The number of fused-ring (bicyclic) bond motifs is 1. The van der Waals surface area contributed by atoms with Gasteiger partial charge in [-0.25, -0.2) is 0 Å². The van der Waals surface area contributed by atoms with Crippen LogP contribution in [0.2, 0.25) is 0 Å². The van der Waals surface area contributed by atoms with Gasteiger partial charge < -0.3 is 20.1 Å². The summed E-state index contributed by atoms with van der Waals surface area (Å²) >= 11 is 3.44. The summed E-state index contributed by atoms with van der Waals surface area (Å²) in [4.78, 5) is 14.4. The van der Waals surface area contributed by atoms with Crippen molar-refractivity contribution in [2.75, 3.05) is 7.11 Å². The fourth-order valence-electron chi connectivity index (χ4n) is 2.97. The Morgan fingerprint density at radius 2 is 2.16 bits per heavy atom. The summed E-state index contributed by atoms with van der Waals surface area (Å²) in [6.07, 6.45) is 1.88. The number of hydrogen-bond donors (Lipinski definition) is 3. The van der Waals surface area contributed by atoms with Crippen LogP contribution in [-0.4, -0.2) is 23.2 Å². The zero-order valence-corrected chi connectivity index (χ0v) is 15.3. The molecule has 0 aliphatic heterocycles. The number of rotatable bonds is 7. The molecule has 0 radical (unpaired) electrons. The lowest BCUT2D eigenvalue weighted by Crippen LogP contribution is -2.23. The molecule has 0 spiro atoms. The SMILES string of the molecule is COc1c(CNC(CC(=O)O)c2cccc(Br)c2)ccc2[nH]ccc12. The Morgan fingerprint density at radius 1 is 1.32 bits per heavy atom. The molecule has 0 bridgehead atoms. The largest absolute Gasteiger partial charge is 0.496 e. The van der Waals surface area contributed by atoms with Gasteiger partial charge >= 0.3 is 5.97 Å². The summed E-state index contributed by atoms with van der Waals surface area (Å²) in [7, 11) is 1.65. The van der Waals surface area contributed by atoms with E-state index in [4.69, 9.17) is 4.74 Å². The first-order chi connectivity index (χ1) is 12.1. The average molecular weight is 403 g/mol. The Bertz CT molecular complexity index is 891. The summed E-state index contributed by atoms with van der Waals surface area (Å²) in [5.41, 5.74) is 2.92. The summed E-state index contributed by atoms with van der Waals surface area (Å²) in [6, 6.07) is 13.4. The zero-order valence-electron chi connectivity index (χ0n) is 13.8. The van der Waals surface area contributed by atoms with Gasteiger partial charge in [-0.2, -0.15) is 0 Å². The van der Waals surface area contributed by atoms with Crippen LogP contribution in [-0.2, 0) is 11.3 Å². The Kier molecular flexibility index (Phi) is 5.40. The number of aromatic nitrogens is 1. The van der Waals surface area contributed by atoms with Crippen molar-refractivity contribution in [3.05, 3.63) is 64.3 Å². The van der Waals surface area contributed by atoms with Gasteiger partial charge in [0.15, 0.2) is 0 Å². The molecule has 0 fully saturated rings. The summed E-state index contributed by atoms with van der Waals surface area (Å²) in [5.74, 6) is -0.0416. The second kappa shape index (κ2) is 7.72. The van der Waals surface area contributed by atoms with Crippen molar-refractivity contribution in [1.29, 1.82) is 0 Å². The fourth-order valence-corrected chi connectivity index (χ4v) is 3.39. The van der Waals surface area contributed by atoms with Crippen molar-refractivity contribution in [3.8, 4) is 5.75 Å². The third kappa shape index (κ3) is 4.03. The van der Waals surface area contributed by atoms with Crippen LogP contribution < -0.4 is 10.1 Å². The summed E-state index contributed by atoms with van der Waals surface area (Å²) < 4.78 is 6.50. The standard InChI is InChI=1S/C19H19BrN2O3/c1-25-19-13(5-6-16-15(19)7-8-21-16)11-22-17(10-18(23)24)12-3-2-4-14(20)9-12/h2-9,17,21-22H,10-11H2,1H3,(H,23,24). The first kappa shape index (κ1) is 17.5. The van der Waals surface area contributed by atoms with E-state index < -0.39 is 5.97 Å². The molecule has 1 heterocycles. The number of ether oxygens (including phenoxy) is 1. The van der Waals surface area contributed by atoms with Crippen LogP contribution in [0, 0.1) is 0 Å². The van der Waals surface area contributed by atoms with Crippen LogP contribution in [0.5, 0.6) is 5.75 Å². The predicted molar refractivity (Wildman–Crippen MR) is 101 cm³/mol. The molecule has 0 saturated carbocycles. The van der Waals surface area contributed by atoms with E-state index in [0.29, 0.717) is 6.54 Å². The van der Waals surface area contributed by atoms with E-state index in [0.717, 1.165) is 32.3 Å². The van der Waals surface area contributed by atoms with Gasteiger partial charge in [0.1, 0.15) is 5.75 Å². The van der Waals surface area contributed by atoms with E-state index in [1.807, 2.05) is 48.7 Å². The Hall–Kier alpha value is -2.31. The number of carbonyl (C=O) groups is 1. The lowest BCUT2D eigenvalue weighted by molar-refractivity contribution is -0.137. The third-order valence-corrected chi connectivity index (χ3v) is 4.63. The normalized spacial score (nSPS) is 12.2. The highest BCUT2D eigenvalue weighted by Crippen LogP contribution is 2.30. The molecular weight excluding hydrogens is 384 g/mol. The summed E-state index contributed by atoms with van der Waals surface area (Å²) in [5, 5.41) is 13.6. The molecule has 6 heteroatoms. The first-order valence-electron chi connectivity index (χ1n) is 7.92. The topological polar surface area (TPSA) is 74.3 Å². The van der Waals surface area contributed by atoms with Gasteiger partial charge in [-0.15, -0.1) is 0 Å². The Labute approximate surface area is 154 Å². The van der Waals surface area contributed by atoms with Gasteiger partial charge in [0.25, 0.3) is 0 Å². The van der Waals surface area contributed by atoms with E-state index in [1.165, 1.54) is 0 Å². The molecular formula is C19H19BrN2O3. The van der Waals surface area contributed by atoms with E-state index in [9.17, 15) is 9.90 Å². The number of hydrogen-bond acceptors (Lipinski definition) is 3. The van der Waals surface area contributed by atoms with Gasteiger partial charge in [-0.3, -0.25) is 4.79 Å². The lowest BCUT2D eigenvalue weighted by atomic mass is 10.0. The zero-order chi connectivity index (χ0) is 17.8. The number of aliphatic carboxylic acids is 1. The molecule has 3 rings (SSSR count). The van der Waals surface area contributed by atoms with E-state index in [2.05, 4.69) is 26.2 Å². The highest BCUT2D eigenvalue weighted by atomic mass is 79.9. The molecule has 3 N–H and O–H groups in total. The molecule has 3 aromatic rings. The Balaban J connectivity index is 1.84. The molecule has 130 valence electrons. The van der Waals surface area contributed by atoms with Gasteiger partial charge in [-0.1, -0.05) is 34.1 Å². The number of methoxy groups -OCH3 is 1. The maximum atomic E-state index is 11.3. The molecule has 0 aliphatic rings. The van der Waals surface area contributed by atoms with Crippen molar-refractivity contribution >= 4 is 32.8 Å². The molecule has 0 saturated heterocycles. The highest BCUT2D eigenvalue weighted by Gasteiger charge is 2.17. The molecule has 1 unspecified atom stereocenters. The Morgan fingerprint density at radius 3 is 2.88 bits per heavy atom. The molecule has 0 amide bonds. The van der Waals surface area contributed by atoms with Crippen molar-refractivity contribution in [1.82, 2.24) is 10.3 Å². The van der Waals surface area contributed by atoms with Crippen LogP contribution in [0.3, 0.4) is 0 Å². The summed E-state index contributed by atoms with van der Waals surface area (Å²) in [6.45, 7) is 0.509. The molecule has 1 aromatic heterocycles. The van der Waals surface area contributed by atoms with Crippen LogP contribution in [0.15, 0.2) is 53.1 Å². The van der Waals surface area contributed by atoms with Crippen molar-refractivity contribution < 1.29 is 14.6 Å². The monoisotopic (exact) mass is 402 g/mol. The number of carboxylic acids is 1. The van der Waals surface area contributed by atoms with Gasteiger partial charge in [-0.05, 0) is 29.8 Å². The lowest BCUT2D eigenvalue weighted by Gasteiger charge is -2.19. The van der Waals surface area contributed by atoms with Crippen LogP contribution in [0.1, 0.15) is 23.6 Å². The highest BCUT2D eigenvalue weighted by molar-refractivity contribution is 9.10. The second-order valence-corrected chi connectivity index (χ2v) is 6.70. The van der Waals surface area contributed by atoms with Gasteiger partial charge in [0.2, 0.25) is 0 Å². The maximum absolute atomic E-state index is 11.3. The molecule has 0 aliphatic carbocycles. The van der Waals surface area contributed by atoms with E-state index in [1.54, 1.807) is 7.11 Å². The van der Waals surface area contributed by atoms with Crippen LogP contribution in [0.4, 0.5) is 0 Å². The van der Waals surface area contributed by atoms with E-state index in [-0.39, 0.29) is 12.5 Å². The van der Waals surface area contributed by atoms with E-state index >= 15 is 0 Å². The number of aromatic amines is 1. The molecule has 1 atom stereocenters. The number of halogens is 1. The number of benzene rings is 2. The average Bonchev–Trinajstić information content (AvgIpc) is 3.06. The number of nitrogens with one attached hydrogen (secondary N) is 2. The number of H-pyrrole nitrogens is 1. The minimum atomic E-state index is -0.842. The maximum Gasteiger partial charge on any atom is 0.305 e. The number of carboxylic acid groups (broad SMARTS) is 1. The van der Waals surface area contributed by atoms with Crippen LogP contribution in [0.25, 0.3) is 10.9 Å². The van der Waals surface area contributed by atoms with Crippen molar-refractivity contribution in [2.45, 2.75) is 19.0 Å². The minimum Gasteiger partial charge on any atom is -0.496 e. The smallest absolute Gasteiger partial charge is 0.305 e. The molecule has 5 nitrogen and oxygen atoms in total. The van der Waals surface area contributed by atoms with Crippen LogP contribution >= 0.6 is 15.9 Å². The third-order valence-electron chi connectivity index (χ3n) is 4.14. The van der Waals surface area contributed by atoms with Crippen molar-refractivity contribution in [2.24, 2.45) is 0 Å². The fraction of sp³-hybridized carbons (Fsp3) is 0.211. The quantitative estimate of drug-likeness (QED) is 0.552. The first-order valence-corrected chi connectivity index (χ1v) is 8.71. The van der Waals surface area contributed by atoms with Gasteiger partial charge in [0.05, 0.1) is 13.5 Å². The predicted octanol–water partition coefficient (Wildman–Crippen LogP) is 4.24. The van der Waals surface area contributed by atoms with Gasteiger partial charge in [0, 0.05) is 39.7 Å². The second-order valence-electron chi connectivity index (χ2n) is 5.78. The minimum absolute atomic E-state index is 0.00513. The molecule has 2 aromatic carbocycles. The molecule has 25 heavy (non-hydrogen) atoms.